The number of ketones is 1. The average molecular weight is 542 g/mol. The summed E-state index contributed by atoms with van der Waals surface area (Å²) in [6.45, 7) is 3.40. The fourth-order valence-corrected chi connectivity index (χ4v) is 5.77. The molecule has 1 amide bonds. The van der Waals surface area contributed by atoms with Crippen LogP contribution >= 0.6 is 0 Å². The van der Waals surface area contributed by atoms with Gasteiger partial charge in [-0.05, 0) is 67.4 Å². The van der Waals surface area contributed by atoms with Crippen LogP contribution in [0, 0.1) is 25.6 Å². The topological polar surface area (TPSA) is 97.0 Å². The Morgan fingerprint density at radius 3 is 2.08 bits per heavy atom. The maximum absolute atomic E-state index is 14.4. The normalized spacial score (nSPS) is 20.4. The molecule has 4 unspecified atom stereocenters. The quantitative estimate of drug-likeness (QED) is 0.289. The van der Waals surface area contributed by atoms with E-state index < -0.39 is 41.6 Å². The van der Waals surface area contributed by atoms with Gasteiger partial charge in [0.2, 0.25) is 0 Å². The van der Waals surface area contributed by atoms with Crippen LogP contribution in [-0.2, 0) is 4.79 Å². The van der Waals surface area contributed by atoms with Gasteiger partial charge in [0.05, 0.1) is 24.6 Å². The second kappa shape index (κ2) is 10.8. The Balaban J connectivity index is 1.78. The lowest BCUT2D eigenvalue weighted by molar-refractivity contribution is -0.142. The second-order valence-corrected chi connectivity index (χ2v) is 9.87. The molecular formula is C32H28FNO6. The Bertz CT molecular complexity index is 1540. The molecule has 0 spiro atoms. The number of ether oxygens (including phenoxy) is 1. The van der Waals surface area contributed by atoms with E-state index in [9.17, 15) is 23.9 Å². The first kappa shape index (κ1) is 26.9. The molecule has 8 heteroatoms. The van der Waals surface area contributed by atoms with Crippen molar-refractivity contribution in [2.24, 2.45) is 5.92 Å². The Hall–Kier alpha value is -4.72. The zero-order chi connectivity index (χ0) is 28.6. The van der Waals surface area contributed by atoms with E-state index in [-0.39, 0.29) is 11.3 Å². The number of rotatable bonds is 7. The summed E-state index contributed by atoms with van der Waals surface area (Å²) in [6, 6.07) is 19.8. The molecule has 40 heavy (non-hydrogen) atoms. The van der Waals surface area contributed by atoms with Gasteiger partial charge in [0.1, 0.15) is 29.1 Å². The number of Topliss-reactive ketones (excluding diaryl/α,β-unsaturated/α-hetero) is 1. The SMILES string of the molecule is COc1ccc(C2C(C(=O)c3cc(C)oc3C)C(c3ccc(F)cc3)N(C(=O)c3ccccc3)C2C(=O)O)cc1. The number of hydrogen-bond donors (Lipinski definition) is 1. The summed E-state index contributed by atoms with van der Waals surface area (Å²) in [6.07, 6.45) is 0. The molecule has 1 fully saturated rings. The summed E-state index contributed by atoms with van der Waals surface area (Å²) < 4.78 is 25.0. The van der Waals surface area contributed by atoms with Crippen LogP contribution in [0.15, 0.2) is 89.3 Å². The van der Waals surface area contributed by atoms with E-state index in [4.69, 9.17) is 9.15 Å². The summed E-state index contributed by atoms with van der Waals surface area (Å²) in [5.41, 5.74) is 1.59. The first-order valence-electron chi connectivity index (χ1n) is 12.8. The molecule has 4 aromatic rings. The van der Waals surface area contributed by atoms with E-state index in [0.29, 0.717) is 34.0 Å². The van der Waals surface area contributed by atoms with Gasteiger partial charge in [-0.2, -0.15) is 0 Å². The highest BCUT2D eigenvalue weighted by Gasteiger charge is 2.58. The van der Waals surface area contributed by atoms with Crippen molar-refractivity contribution in [2.75, 3.05) is 7.11 Å². The van der Waals surface area contributed by atoms with Gasteiger partial charge in [-0.3, -0.25) is 9.59 Å². The van der Waals surface area contributed by atoms with Gasteiger partial charge in [-0.1, -0.05) is 42.5 Å². The number of furan rings is 1. The molecule has 1 saturated heterocycles. The summed E-state index contributed by atoms with van der Waals surface area (Å²) in [4.78, 5) is 42.8. The Morgan fingerprint density at radius 1 is 0.900 bits per heavy atom. The van der Waals surface area contributed by atoms with Crippen molar-refractivity contribution in [3.63, 3.8) is 0 Å². The van der Waals surface area contributed by atoms with Gasteiger partial charge in [0, 0.05) is 11.5 Å². The largest absolute Gasteiger partial charge is 0.497 e. The zero-order valence-electron chi connectivity index (χ0n) is 22.2. The fourth-order valence-electron chi connectivity index (χ4n) is 5.77. The molecule has 0 saturated carbocycles. The van der Waals surface area contributed by atoms with Crippen LogP contribution in [0.2, 0.25) is 0 Å². The summed E-state index contributed by atoms with van der Waals surface area (Å²) in [5, 5.41) is 10.6. The number of nitrogens with zero attached hydrogens (tertiary/aromatic N) is 1. The van der Waals surface area contributed by atoms with Gasteiger partial charge in [0.25, 0.3) is 5.91 Å². The smallest absolute Gasteiger partial charge is 0.327 e. The summed E-state index contributed by atoms with van der Waals surface area (Å²) in [5.74, 6) is -3.13. The van der Waals surface area contributed by atoms with Gasteiger partial charge in [0.15, 0.2) is 5.78 Å². The van der Waals surface area contributed by atoms with Crippen molar-refractivity contribution in [2.45, 2.75) is 31.8 Å². The van der Waals surface area contributed by atoms with E-state index in [1.54, 1.807) is 74.5 Å². The highest BCUT2D eigenvalue weighted by Crippen LogP contribution is 2.52. The number of aliphatic carboxylic acids is 1. The molecule has 7 nitrogen and oxygen atoms in total. The molecule has 2 heterocycles. The van der Waals surface area contributed by atoms with Crippen molar-refractivity contribution >= 4 is 17.7 Å². The van der Waals surface area contributed by atoms with Crippen molar-refractivity contribution in [1.29, 1.82) is 0 Å². The van der Waals surface area contributed by atoms with Crippen molar-refractivity contribution in [3.8, 4) is 5.75 Å². The standard InChI is InChI=1S/C32H28FNO6/c1-18-17-25(19(2)40-18)30(35)27-26(20-11-15-24(39-3)16-12-20)29(32(37)38)34(31(36)22-7-5-4-6-8-22)28(27)21-9-13-23(33)14-10-21/h4-17,26-29H,1-3H3,(H,37,38). The molecule has 0 aliphatic carbocycles. The molecule has 1 aliphatic heterocycles. The van der Waals surface area contributed by atoms with E-state index >= 15 is 0 Å². The molecule has 1 aromatic heterocycles. The third kappa shape index (κ3) is 4.77. The third-order valence-corrected chi connectivity index (χ3v) is 7.50. The fraction of sp³-hybridized carbons (Fsp3) is 0.219. The maximum Gasteiger partial charge on any atom is 0.327 e. The van der Waals surface area contributed by atoms with E-state index in [1.165, 1.54) is 36.3 Å². The monoisotopic (exact) mass is 541 g/mol. The first-order chi connectivity index (χ1) is 19.2. The average Bonchev–Trinajstić information content (AvgIpc) is 3.50. The number of likely N-dealkylation sites (tertiary alicyclic amines) is 1. The van der Waals surface area contributed by atoms with Crippen molar-refractivity contribution in [1.82, 2.24) is 4.90 Å². The molecule has 4 atom stereocenters. The Kier molecular flexibility index (Phi) is 7.26. The maximum atomic E-state index is 14.4. The van der Waals surface area contributed by atoms with Crippen LogP contribution < -0.4 is 4.74 Å². The van der Waals surface area contributed by atoms with Crippen LogP contribution in [0.3, 0.4) is 0 Å². The number of carbonyl (C=O) groups is 3. The Labute approximate surface area is 230 Å². The van der Waals surface area contributed by atoms with Crippen LogP contribution in [0.1, 0.15) is 55.3 Å². The number of halogens is 1. The van der Waals surface area contributed by atoms with Gasteiger partial charge >= 0.3 is 5.97 Å². The number of amides is 1. The third-order valence-electron chi connectivity index (χ3n) is 7.50. The molecule has 0 bridgehead atoms. The molecule has 5 rings (SSSR count). The van der Waals surface area contributed by atoms with Crippen molar-refractivity contribution < 1.29 is 33.0 Å². The highest BCUT2D eigenvalue weighted by atomic mass is 19.1. The molecule has 0 radical (unpaired) electrons. The molecule has 3 aromatic carbocycles. The number of aryl methyl sites for hydroxylation is 2. The van der Waals surface area contributed by atoms with Crippen molar-refractivity contribution in [3.05, 3.63) is 125 Å². The highest BCUT2D eigenvalue weighted by molar-refractivity contribution is 6.04. The Morgan fingerprint density at radius 2 is 1.52 bits per heavy atom. The first-order valence-corrected chi connectivity index (χ1v) is 12.8. The number of carboxylic acid groups (broad SMARTS) is 1. The molecular weight excluding hydrogens is 513 g/mol. The molecule has 204 valence electrons. The lowest BCUT2D eigenvalue weighted by Crippen LogP contribution is -2.43. The molecule has 1 N–H and O–H groups in total. The minimum atomic E-state index is -1.40. The number of carboxylic acids is 1. The van der Waals surface area contributed by atoms with Gasteiger partial charge in [-0.25, -0.2) is 9.18 Å². The lowest BCUT2D eigenvalue weighted by atomic mass is 9.76. The van der Waals surface area contributed by atoms with E-state index in [1.807, 2.05) is 0 Å². The van der Waals surface area contributed by atoms with Crippen LogP contribution in [0.5, 0.6) is 5.75 Å². The second-order valence-electron chi connectivity index (χ2n) is 9.87. The minimum Gasteiger partial charge on any atom is -0.497 e. The van der Waals surface area contributed by atoms with Gasteiger partial charge in [-0.15, -0.1) is 0 Å². The zero-order valence-corrected chi connectivity index (χ0v) is 22.2. The number of hydrogen-bond acceptors (Lipinski definition) is 5. The minimum absolute atomic E-state index is 0.276. The number of benzene rings is 3. The summed E-state index contributed by atoms with van der Waals surface area (Å²) >= 11 is 0. The van der Waals surface area contributed by atoms with E-state index in [2.05, 4.69) is 0 Å². The van der Waals surface area contributed by atoms with Crippen LogP contribution in [0.4, 0.5) is 4.39 Å². The van der Waals surface area contributed by atoms with Crippen LogP contribution in [0.25, 0.3) is 0 Å². The lowest BCUT2D eigenvalue weighted by Gasteiger charge is -2.30. The van der Waals surface area contributed by atoms with Crippen LogP contribution in [-0.4, -0.2) is 40.8 Å². The predicted molar refractivity (Wildman–Crippen MR) is 145 cm³/mol. The number of methoxy groups -OCH3 is 1. The van der Waals surface area contributed by atoms with E-state index in [0.717, 1.165) is 0 Å². The molecule has 1 aliphatic rings. The van der Waals surface area contributed by atoms with Gasteiger partial charge < -0.3 is 19.2 Å². The number of carbonyl (C=O) groups excluding carboxylic acids is 2. The predicted octanol–water partition coefficient (Wildman–Crippen LogP) is 5.98. The summed E-state index contributed by atoms with van der Waals surface area (Å²) in [7, 11) is 1.52.